The Morgan fingerprint density at radius 3 is 2.62 bits per heavy atom. The smallest absolute Gasteiger partial charge is 0.272 e. The molecule has 24 heavy (non-hydrogen) atoms. The molecule has 1 spiro atoms. The zero-order chi connectivity index (χ0) is 16.7. The quantitative estimate of drug-likeness (QED) is 0.920. The maximum absolute atomic E-state index is 13.2. The van der Waals surface area contributed by atoms with Crippen molar-refractivity contribution in [3.05, 3.63) is 64.1 Å². The second-order valence-corrected chi connectivity index (χ2v) is 6.82. The monoisotopic (exact) mass is 327 g/mol. The van der Waals surface area contributed by atoms with Gasteiger partial charge in [-0.05, 0) is 36.0 Å². The fourth-order valence-corrected chi connectivity index (χ4v) is 4.07. The van der Waals surface area contributed by atoms with Gasteiger partial charge < -0.3 is 9.88 Å². The highest BCUT2D eigenvalue weighted by Crippen LogP contribution is 2.55. The minimum atomic E-state index is -0.381. The van der Waals surface area contributed by atoms with Crippen molar-refractivity contribution in [1.82, 2.24) is 14.9 Å². The number of hydrogen-bond acceptors (Lipinski definition) is 3. The number of rotatable bonds is 2. The number of halogens is 1. The summed E-state index contributed by atoms with van der Waals surface area (Å²) in [7, 11) is 0. The van der Waals surface area contributed by atoms with Crippen molar-refractivity contribution in [2.75, 3.05) is 13.1 Å². The Balaban J connectivity index is 1.62. The molecule has 5 nitrogen and oxygen atoms in total. The van der Waals surface area contributed by atoms with E-state index in [0.29, 0.717) is 13.1 Å². The molecule has 6 heteroatoms. The zero-order valence-corrected chi connectivity index (χ0v) is 13.2. The molecule has 0 bridgehead atoms. The number of nitrogens with zero attached hydrogens (tertiary/aromatic N) is 2. The van der Waals surface area contributed by atoms with Gasteiger partial charge >= 0.3 is 0 Å². The van der Waals surface area contributed by atoms with Gasteiger partial charge in [0, 0.05) is 19.0 Å². The summed E-state index contributed by atoms with van der Waals surface area (Å²) in [5, 5.41) is 0. The molecular formula is C18H18FN3O2. The van der Waals surface area contributed by atoms with Gasteiger partial charge in [-0.15, -0.1) is 0 Å². The van der Waals surface area contributed by atoms with Crippen LogP contribution < -0.4 is 5.56 Å². The van der Waals surface area contributed by atoms with Gasteiger partial charge in [-0.25, -0.2) is 4.39 Å². The second kappa shape index (κ2) is 5.54. The van der Waals surface area contributed by atoms with Gasteiger partial charge in [0.1, 0.15) is 11.5 Å². The number of likely N-dealkylation sites (tertiary alicyclic amines) is 1. The van der Waals surface area contributed by atoms with Crippen LogP contribution in [0.3, 0.4) is 0 Å². The number of aromatic nitrogens is 2. The third-order valence-corrected chi connectivity index (χ3v) is 5.44. The summed E-state index contributed by atoms with van der Waals surface area (Å²) in [6.07, 6.45) is 5.84. The molecule has 1 aliphatic carbocycles. The van der Waals surface area contributed by atoms with Crippen LogP contribution in [-0.2, 0) is 0 Å². The van der Waals surface area contributed by atoms with Crippen LogP contribution in [0.4, 0.5) is 4.39 Å². The lowest BCUT2D eigenvalue weighted by Crippen LogP contribution is -2.38. The Labute approximate surface area is 138 Å². The summed E-state index contributed by atoms with van der Waals surface area (Å²) in [5.74, 6) is -0.240. The van der Waals surface area contributed by atoms with Crippen molar-refractivity contribution in [2.45, 2.75) is 25.2 Å². The molecule has 0 radical (unpaired) electrons. The molecule has 1 amide bonds. The number of H-pyrrole nitrogens is 1. The largest absolute Gasteiger partial charge is 0.336 e. The molecule has 1 aromatic carbocycles. The van der Waals surface area contributed by atoms with Crippen molar-refractivity contribution in [1.29, 1.82) is 0 Å². The van der Waals surface area contributed by atoms with E-state index in [-0.39, 0.29) is 34.3 Å². The van der Waals surface area contributed by atoms with Gasteiger partial charge in [0.25, 0.3) is 11.5 Å². The average Bonchev–Trinajstić information content (AvgIpc) is 2.96. The van der Waals surface area contributed by atoms with Gasteiger partial charge in [0.15, 0.2) is 0 Å². The highest BCUT2D eigenvalue weighted by Gasteiger charge is 2.52. The number of carbonyl (C=O) groups excluding carboxylic acids is 1. The van der Waals surface area contributed by atoms with E-state index < -0.39 is 0 Å². The molecule has 1 saturated heterocycles. The summed E-state index contributed by atoms with van der Waals surface area (Å²) in [6, 6.07) is 6.59. The first-order valence-corrected chi connectivity index (χ1v) is 8.16. The molecule has 4 rings (SSSR count). The summed E-state index contributed by atoms with van der Waals surface area (Å²) in [5.41, 5.74) is 0.993. The molecule has 2 fully saturated rings. The van der Waals surface area contributed by atoms with Crippen LogP contribution in [0.25, 0.3) is 0 Å². The summed E-state index contributed by atoms with van der Waals surface area (Å²) in [6.45, 7) is 1.26. The van der Waals surface area contributed by atoms with Gasteiger partial charge in [-0.1, -0.05) is 18.6 Å². The number of aromatic amines is 1. The summed E-state index contributed by atoms with van der Waals surface area (Å²) < 4.78 is 13.2. The maximum atomic E-state index is 13.2. The van der Waals surface area contributed by atoms with E-state index in [1.807, 2.05) is 12.1 Å². The first-order valence-electron chi connectivity index (χ1n) is 8.16. The number of hydrogen-bond donors (Lipinski definition) is 1. The van der Waals surface area contributed by atoms with Gasteiger partial charge in [0.05, 0.1) is 12.4 Å². The Morgan fingerprint density at radius 2 is 2.00 bits per heavy atom. The second-order valence-electron chi connectivity index (χ2n) is 6.82. The highest BCUT2D eigenvalue weighted by atomic mass is 19.1. The number of carbonyl (C=O) groups is 1. The Morgan fingerprint density at radius 1 is 1.25 bits per heavy atom. The van der Waals surface area contributed by atoms with E-state index in [0.717, 1.165) is 31.0 Å². The molecule has 1 N–H and O–H groups in total. The predicted octanol–water partition coefficient (Wildman–Crippen LogP) is 2.32. The van der Waals surface area contributed by atoms with Crippen LogP contribution in [0.15, 0.2) is 41.5 Å². The van der Waals surface area contributed by atoms with Crippen LogP contribution in [0.1, 0.15) is 41.2 Å². The maximum Gasteiger partial charge on any atom is 0.272 e. The van der Waals surface area contributed by atoms with Crippen LogP contribution in [0.2, 0.25) is 0 Å². The van der Waals surface area contributed by atoms with E-state index in [1.165, 1.54) is 18.3 Å². The molecule has 2 aliphatic rings. The zero-order valence-electron chi connectivity index (χ0n) is 13.2. The first kappa shape index (κ1) is 15.1. The van der Waals surface area contributed by atoms with E-state index in [1.54, 1.807) is 4.90 Å². The van der Waals surface area contributed by atoms with Gasteiger partial charge in [-0.3, -0.25) is 14.6 Å². The Hall–Kier alpha value is -2.50. The van der Waals surface area contributed by atoms with Gasteiger partial charge in [-0.2, -0.15) is 0 Å². The van der Waals surface area contributed by atoms with E-state index in [4.69, 9.17) is 0 Å². The topological polar surface area (TPSA) is 66.1 Å². The van der Waals surface area contributed by atoms with Crippen molar-refractivity contribution in [2.24, 2.45) is 5.41 Å². The molecule has 2 heterocycles. The number of nitrogens with one attached hydrogen (secondary N) is 1. The van der Waals surface area contributed by atoms with Crippen LogP contribution >= 0.6 is 0 Å². The van der Waals surface area contributed by atoms with E-state index in [2.05, 4.69) is 9.97 Å². The van der Waals surface area contributed by atoms with Crippen LogP contribution in [0.5, 0.6) is 0 Å². The predicted molar refractivity (Wildman–Crippen MR) is 86.2 cm³/mol. The minimum Gasteiger partial charge on any atom is -0.336 e. The lowest BCUT2D eigenvalue weighted by molar-refractivity contribution is 0.0719. The molecule has 124 valence electrons. The highest BCUT2D eigenvalue weighted by molar-refractivity contribution is 5.92. The average molecular weight is 327 g/mol. The number of benzene rings is 1. The molecule has 1 saturated carbocycles. The summed E-state index contributed by atoms with van der Waals surface area (Å²) in [4.78, 5) is 32.3. The lowest BCUT2D eigenvalue weighted by atomic mass is 9.61. The SMILES string of the molecule is O=C(c1cncc(=O)[nH]1)N1C[C@H](c2ccc(F)cc2)C2(CCC2)C1. The first-order chi connectivity index (χ1) is 11.6. The molecule has 1 aliphatic heterocycles. The fraction of sp³-hybridized carbons (Fsp3) is 0.389. The fourth-order valence-electron chi connectivity index (χ4n) is 4.07. The molecule has 1 aromatic heterocycles. The van der Waals surface area contributed by atoms with Crippen LogP contribution in [-0.4, -0.2) is 33.9 Å². The van der Waals surface area contributed by atoms with Gasteiger partial charge in [0.2, 0.25) is 0 Å². The normalized spacial score (nSPS) is 21.7. The molecule has 2 aromatic rings. The van der Waals surface area contributed by atoms with Crippen LogP contribution in [0, 0.1) is 11.2 Å². The Kier molecular flexibility index (Phi) is 3.48. The Bertz CT molecular complexity index is 827. The number of amides is 1. The molecule has 1 atom stereocenters. The third kappa shape index (κ3) is 2.42. The van der Waals surface area contributed by atoms with E-state index in [9.17, 15) is 14.0 Å². The lowest BCUT2D eigenvalue weighted by Gasteiger charge is -2.43. The third-order valence-electron chi connectivity index (χ3n) is 5.44. The summed E-state index contributed by atoms with van der Waals surface area (Å²) >= 11 is 0. The van der Waals surface area contributed by atoms with Crippen molar-refractivity contribution < 1.29 is 9.18 Å². The standard InChI is InChI=1S/C18H18FN3O2/c19-13-4-2-12(3-5-13)14-10-22(11-18(14)6-1-7-18)17(24)15-8-20-9-16(23)21-15/h2-5,8-9,14H,1,6-7,10-11H2,(H,21,23)/t14-/m1/s1. The van der Waals surface area contributed by atoms with E-state index >= 15 is 0 Å². The van der Waals surface area contributed by atoms with Crippen molar-refractivity contribution in [3.63, 3.8) is 0 Å². The van der Waals surface area contributed by atoms with Crippen molar-refractivity contribution in [3.8, 4) is 0 Å². The van der Waals surface area contributed by atoms with Crippen molar-refractivity contribution >= 4 is 5.91 Å². The molecular weight excluding hydrogens is 309 g/mol. The molecule has 0 unspecified atom stereocenters. The minimum absolute atomic E-state index is 0.0794.